The van der Waals surface area contributed by atoms with Crippen LogP contribution in [0.25, 0.3) is 0 Å². The lowest BCUT2D eigenvalue weighted by atomic mass is 9.79. The standard InChI is InChI=1S/C18H30N2O/c1-6-9-20-16(12-14-7-10-19-11-8-14)15-13-17(2,3)21-18(15,4)5/h7-8,10-11,15-16,20H,6,9,12-13H2,1-5H3. The van der Waals surface area contributed by atoms with Gasteiger partial charge in [0, 0.05) is 24.4 Å². The fourth-order valence-electron chi connectivity index (χ4n) is 3.69. The van der Waals surface area contributed by atoms with Gasteiger partial charge >= 0.3 is 0 Å². The Labute approximate surface area is 129 Å². The van der Waals surface area contributed by atoms with Gasteiger partial charge in [0.15, 0.2) is 0 Å². The molecule has 0 aliphatic carbocycles. The van der Waals surface area contributed by atoms with Crippen LogP contribution in [0.5, 0.6) is 0 Å². The molecule has 0 amide bonds. The number of rotatable bonds is 6. The minimum Gasteiger partial charge on any atom is -0.369 e. The van der Waals surface area contributed by atoms with Crippen LogP contribution in [0.3, 0.4) is 0 Å². The van der Waals surface area contributed by atoms with Crippen LogP contribution in [-0.2, 0) is 11.2 Å². The van der Waals surface area contributed by atoms with Crippen molar-refractivity contribution in [2.75, 3.05) is 6.54 Å². The van der Waals surface area contributed by atoms with Crippen LogP contribution >= 0.6 is 0 Å². The van der Waals surface area contributed by atoms with Crippen LogP contribution in [-0.4, -0.2) is 28.8 Å². The Balaban J connectivity index is 2.15. The highest BCUT2D eigenvalue weighted by atomic mass is 16.5. The minimum absolute atomic E-state index is 0.0292. The highest BCUT2D eigenvalue weighted by Gasteiger charge is 2.48. The third kappa shape index (κ3) is 4.27. The molecule has 1 saturated heterocycles. The van der Waals surface area contributed by atoms with Gasteiger partial charge in [-0.2, -0.15) is 0 Å². The largest absolute Gasteiger partial charge is 0.369 e. The first kappa shape index (κ1) is 16.4. The number of nitrogens with zero attached hydrogens (tertiary/aromatic N) is 1. The molecule has 3 nitrogen and oxygen atoms in total. The predicted molar refractivity (Wildman–Crippen MR) is 87.4 cm³/mol. The van der Waals surface area contributed by atoms with Crippen LogP contribution in [0.1, 0.15) is 53.0 Å². The van der Waals surface area contributed by atoms with Gasteiger partial charge in [-0.1, -0.05) is 6.92 Å². The summed E-state index contributed by atoms with van der Waals surface area (Å²) in [5, 5.41) is 3.75. The fourth-order valence-corrected chi connectivity index (χ4v) is 3.69. The first-order chi connectivity index (χ1) is 9.84. The average Bonchev–Trinajstić information content (AvgIpc) is 2.63. The van der Waals surface area contributed by atoms with E-state index in [1.807, 2.05) is 12.4 Å². The normalized spacial score (nSPS) is 24.9. The second-order valence-corrected chi connectivity index (χ2v) is 7.40. The van der Waals surface area contributed by atoms with Gasteiger partial charge in [0.1, 0.15) is 0 Å². The summed E-state index contributed by atoms with van der Waals surface area (Å²) in [7, 11) is 0. The van der Waals surface area contributed by atoms with E-state index in [2.05, 4.69) is 57.1 Å². The Hall–Kier alpha value is -0.930. The number of nitrogens with one attached hydrogen (secondary N) is 1. The van der Waals surface area contributed by atoms with E-state index in [1.165, 1.54) is 5.56 Å². The van der Waals surface area contributed by atoms with Crippen molar-refractivity contribution in [3.05, 3.63) is 30.1 Å². The van der Waals surface area contributed by atoms with E-state index in [9.17, 15) is 0 Å². The molecule has 1 aromatic rings. The lowest BCUT2D eigenvalue weighted by Crippen LogP contribution is -2.45. The minimum atomic E-state index is -0.0814. The molecule has 1 aromatic heterocycles. The van der Waals surface area contributed by atoms with Crippen molar-refractivity contribution < 1.29 is 4.74 Å². The first-order valence-electron chi connectivity index (χ1n) is 8.16. The van der Waals surface area contributed by atoms with Gasteiger partial charge in [0.05, 0.1) is 11.2 Å². The van der Waals surface area contributed by atoms with Gasteiger partial charge in [-0.3, -0.25) is 4.98 Å². The van der Waals surface area contributed by atoms with Crippen LogP contribution in [0.4, 0.5) is 0 Å². The van der Waals surface area contributed by atoms with E-state index < -0.39 is 0 Å². The second kappa shape index (κ2) is 6.45. The molecule has 118 valence electrons. The van der Waals surface area contributed by atoms with Gasteiger partial charge in [0.25, 0.3) is 0 Å². The number of hydrogen-bond donors (Lipinski definition) is 1. The predicted octanol–water partition coefficient (Wildman–Crippen LogP) is 3.59. The van der Waals surface area contributed by atoms with Crippen molar-refractivity contribution in [1.82, 2.24) is 10.3 Å². The molecule has 1 aliphatic heterocycles. The topological polar surface area (TPSA) is 34.2 Å². The Bertz CT molecular complexity index is 442. The Morgan fingerprint density at radius 2 is 1.95 bits per heavy atom. The summed E-state index contributed by atoms with van der Waals surface area (Å²) in [5.41, 5.74) is 1.24. The zero-order chi connectivity index (χ0) is 15.5. The lowest BCUT2D eigenvalue weighted by molar-refractivity contribution is -0.0776. The molecule has 2 unspecified atom stereocenters. The highest BCUT2D eigenvalue weighted by molar-refractivity contribution is 5.13. The van der Waals surface area contributed by atoms with Gasteiger partial charge in [-0.25, -0.2) is 0 Å². The molecule has 1 N–H and O–H groups in total. The molecule has 0 spiro atoms. The number of pyridine rings is 1. The molecule has 2 heterocycles. The van der Waals surface area contributed by atoms with E-state index in [0.717, 1.165) is 25.8 Å². The number of ether oxygens (including phenoxy) is 1. The third-order valence-electron chi connectivity index (χ3n) is 4.49. The summed E-state index contributed by atoms with van der Waals surface area (Å²) in [6, 6.07) is 4.69. The van der Waals surface area contributed by atoms with Crippen molar-refractivity contribution >= 4 is 0 Å². The molecule has 2 rings (SSSR count). The second-order valence-electron chi connectivity index (χ2n) is 7.40. The summed E-state index contributed by atoms with van der Waals surface area (Å²) in [5.74, 6) is 0.521. The Morgan fingerprint density at radius 1 is 1.29 bits per heavy atom. The number of hydrogen-bond acceptors (Lipinski definition) is 3. The quantitative estimate of drug-likeness (QED) is 0.869. The van der Waals surface area contributed by atoms with E-state index in [0.29, 0.717) is 12.0 Å². The molecule has 0 bridgehead atoms. The maximum Gasteiger partial charge on any atom is 0.0677 e. The molecule has 21 heavy (non-hydrogen) atoms. The van der Waals surface area contributed by atoms with Crippen LogP contribution < -0.4 is 5.32 Å². The van der Waals surface area contributed by atoms with E-state index in [-0.39, 0.29) is 11.2 Å². The smallest absolute Gasteiger partial charge is 0.0677 e. The number of aromatic nitrogens is 1. The van der Waals surface area contributed by atoms with Crippen molar-refractivity contribution in [3.8, 4) is 0 Å². The lowest BCUT2D eigenvalue weighted by Gasteiger charge is -2.33. The molecular formula is C18H30N2O. The Kier molecular flexibility index (Phi) is 5.05. The van der Waals surface area contributed by atoms with Crippen molar-refractivity contribution in [2.24, 2.45) is 5.92 Å². The van der Waals surface area contributed by atoms with Gasteiger partial charge in [-0.05, 0) is 71.2 Å². The summed E-state index contributed by atoms with van der Waals surface area (Å²) in [6.07, 6.45) is 7.06. The average molecular weight is 290 g/mol. The van der Waals surface area contributed by atoms with Crippen molar-refractivity contribution in [2.45, 2.75) is 71.1 Å². The molecule has 0 aromatic carbocycles. The van der Waals surface area contributed by atoms with Crippen LogP contribution in [0, 0.1) is 5.92 Å². The summed E-state index contributed by atoms with van der Waals surface area (Å²) in [4.78, 5) is 4.12. The van der Waals surface area contributed by atoms with E-state index in [1.54, 1.807) is 0 Å². The van der Waals surface area contributed by atoms with Crippen LogP contribution in [0.2, 0.25) is 0 Å². The SMILES string of the molecule is CCCNC(Cc1ccncc1)C1CC(C)(C)OC1(C)C. The summed E-state index contributed by atoms with van der Waals surface area (Å²) >= 11 is 0. The maximum absolute atomic E-state index is 6.30. The molecule has 2 atom stereocenters. The highest BCUT2D eigenvalue weighted by Crippen LogP contribution is 2.44. The van der Waals surface area contributed by atoms with E-state index in [4.69, 9.17) is 4.74 Å². The Morgan fingerprint density at radius 3 is 2.48 bits per heavy atom. The summed E-state index contributed by atoms with van der Waals surface area (Å²) < 4.78 is 6.30. The maximum atomic E-state index is 6.30. The van der Waals surface area contributed by atoms with E-state index >= 15 is 0 Å². The fraction of sp³-hybridized carbons (Fsp3) is 0.722. The molecule has 1 fully saturated rings. The zero-order valence-electron chi connectivity index (χ0n) is 14.1. The van der Waals surface area contributed by atoms with Crippen molar-refractivity contribution in [1.29, 1.82) is 0 Å². The van der Waals surface area contributed by atoms with Gasteiger partial charge < -0.3 is 10.1 Å². The third-order valence-corrected chi connectivity index (χ3v) is 4.49. The zero-order valence-corrected chi connectivity index (χ0v) is 14.1. The molecule has 0 radical (unpaired) electrons. The first-order valence-corrected chi connectivity index (χ1v) is 8.16. The molecule has 3 heteroatoms. The molecular weight excluding hydrogens is 260 g/mol. The molecule has 1 aliphatic rings. The van der Waals surface area contributed by atoms with Gasteiger partial charge in [-0.15, -0.1) is 0 Å². The van der Waals surface area contributed by atoms with Crippen LogP contribution in [0.15, 0.2) is 24.5 Å². The summed E-state index contributed by atoms with van der Waals surface area (Å²) in [6.45, 7) is 12.2. The van der Waals surface area contributed by atoms with Crippen molar-refractivity contribution in [3.63, 3.8) is 0 Å². The molecule has 0 saturated carbocycles. The monoisotopic (exact) mass is 290 g/mol. The van der Waals surface area contributed by atoms with Gasteiger partial charge in [0.2, 0.25) is 0 Å².